The number of hydrogen-bond acceptors (Lipinski definition) is 7. The molecule has 0 aliphatic rings. The van der Waals surface area contributed by atoms with Crippen LogP contribution in [0.5, 0.6) is 11.5 Å². The number of ether oxygens (including phenoxy) is 2. The van der Waals surface area contributed by atoms with Crippen LogP contribution < -0.4 is 9.47 Å². The highest BCUT2D eigenvalue weighted by molar-refractivity contribution is 8.03. The Bertz CT molecular complexity index is 1080. The lowest BCUT2D eigenvalue weighted by atomic mass is 10.2. The molecule has 0 fully saturated rings. The number of carboxylic acid groups (broad SMARTS) is 1. The van der Waals surface area contributed by atoms with Gasteiger partial charge in [-0.05, 0) is 59.8 Å². The molecule has 0 atom stereocenters. The van der Waals surface area contributed by atoms with Gasteiger partial charge in [-0.3, -0.25) is 0 Å². The minimum Gasteiger partial charge on any atom is -0.493 e. The third-order valence-corrected chi connectivity index (χ3v) is 4.85. The second kappa shape index (κ2) is 10.00. The summed E-state index contributed by atoms with van der Waals surface area (Å²) in [5.41, 5.74) is 1.29. The molecule has 0 unspecified atom stereocenters. The highest BCUT2D eigenvalue weighted by Gasteiger charge is 2.16. The van der Waals surface area contributed by atoms with Crippen molar-refractivity contribution in [2.45, 2.75) is 5.22 Å². The van der Waals surface area contributed by atoms with Crippen LogP contribution >= 0.6 is 23.4 Å². The Balaban J connectivity index is 1.82. The molecule has 0 saturated carbocycles. The van der Waals surface area contributed by atoms with E-state index in [1.807, 2.05) is 0 Å². The van der Waals surface area contributed by atoms with Gasteiger partial charge in [-0.2, -0.15) is 0 Å². The first-order chi connectivity index (χ1) is 14.5. The zero-order valence-electron chi connectivity index (χ0n) is 15.9. The van der Waals surface area contributed by atoms with E-state index in [1.54, 1.807) is 48.5 Å². The van der Waals surface area contributed by atoms with E-state index in [2.05, 4.69) is 16.8 Å². The monoisotopic (exact) mass is 444 g/mol. The van der Waals surface area contributed by atoms with Crippen LogP contribution in [0.1, 0.15) is 5.56 Å². The van der Waals surface area contributed by atoms with Crippen molar-refractivity contribution in [1.82, 2.24) is 10.2 Å². The molecule has 0 spiro atoms. The molecule has 30 heavy (non-hydrogen) atoms. The number of rotatable bonds is 9. The normalized spacial score (nSPS) is 11.2. The molecule has 1 aromatic heterocycles. The fourth-order valence-corrected chi connectivity index (χ4v) is 3.18. The number of aromatic nitrogens is 2. The van der Waals surface area contributed by atoms with E-state index in [0.717, 1.165) is 11.8 Å². The van der Waals surface area contributed by atoms with Crippen molar-refractivity contribution in [2.75, 3.05) is 13.7 Å². The second-order valence-electron chi connectivity index (χ2n) is 5.81. The van der Waals surface area contributed by atoms with Gasteiger partial charge in [-0.1, -0.05) is 30.3 Å². The Labute approximate surface area is 182 Å². The number of carboxylic acids is 1. The Morgan fingerprint density at radius 2 is 2.00 bits per heavy atom. The Hall–Kier alpha value is -3.23. The van der Waals surface area contributed by atoms with Crippen molar-refractivity contribution < 1.29 is 23.8 Å². The first-order valence-electron chi connectivity index (χ1n) is 8.64. The number of aliphatic carboxylic acids is 1. The number of halogens is 1. The van der Waals surface area contributed by atoms with Crippen molar-refractivity contribution in [3.63, 3.8) is 0 Å². The fourth-order valence-electron chi connectivity index (χ4n) is 2.38. The Kier molecular flexibility index (Phi) is 7.16. The van der Waals surface area contributed by atoms with Crippen LogP contribution in [0.15, 0.2) is 69.7 Å². The van der Waals surface area contributed by atoms with Gasteiger partial charge in [0.15, 0.2) is 11.5 Å². The van der Waals surface area contributed by atoms with Crippen LogP contribution in [-0.4, -0.2) is 35.0 Å². The molecule has 0 saturated heterocycles. The highest BCUT2D eigenvalue weighted by atomic mass is 35.5. The molecule has 0 amide bonds. The van der Waals surface area contributed by atoms with Crippen LogP contribution in [0.4, 0.5) is 0 Å². The van der Waals surface area contributed by atoms with Gasteiger partial charge in [0, 0.05) is 10.6 Å². The SMILES string of the molecule is C=CCOc1ccc(/C=C(\Sc2nnc(-c3ccc(Cl)cc3)o2)C(=O)O)cc1OC. The summed E-state index contributed by atoms with van der Waals surface area (Å²) in [6, 6.07) is 12.0. The summed E-state index contributed by atoms with van der Waals surface area (Å²) in [5, 5.41) is 18.1. The average molecular weight is 445 g/mol. The molecule has 1 heterocycles. The number of thioether (sulfide) groups is 1. The van der Waals surface area contributed by atoms with Crippen LogP contribution in [0.25, 0.3) is 17.5 Å². The maximum atomic E-state index is 11.7. The second-order valence-corrected chi connectivity index (χ2v) is 7.24. The topological polar surface area (TPSA) is 94.7 Å². The van der Waals surface area contributed by atoms with E-state index in [4.69, 9.17) is 25.5 Å². The van der Waals surface area contributed by atoms with Gasteiger partial charge >= 0.3 is 5.97 Å². The van der Waals surface area contributed by atoms with Gasteiger partial charge in [0.25, 0.3) is 5.22 Å². The lowest BCUT2D eigenvalue weighted by Gasteiger charge is -2.10. The number of benzene rings is 2. The predicted octanol–water partition coefficient (Wildman–Crippen LogP) is 5.18. The molecule has 3 aromatic rings. The summed E-state index contributed by atoms with van der Waals surface area (Å²) in [4.78, 5) is 11.7. The van der Waals surface area contributed by atoms with E-state index < -0.39 is 5.97 Å². The molecule has 0 radical (unpaired) electrons. The first kappa shape index (κ1) is 21.5. The lowest BCUT2D eigenvalue weighted by molar-refractivity contribution is -0.131. The minimum absolute atomic E-state index is 0.00289. The predicted molar refractivity (Wildman–Crippen MR) is 115 cm³/mol. The molecule has 154 valence electrons. The van der Waals surface area contributed by atoms with Crippen LogP contribution in [-0.2, 0) is 4.79 Å². The zero-order chi connectivity index (χ0) is 21.5. The van der Waals surface area contributed by atoms with E-state index in [1.165, 1.54) is 13.2 Å². The summed E-state index contributed by atoms with van der Waals surface area (Å²) in [7, 11) is 1.51. The molecule has 3 rings (SSSR count). The van der Waals surface area contributed by atoms with Crippen molar-refractivity contribution in [3.8, 4) is 23.0 Å². The Morgan fingerprint density at radius 3 is 2.67 bits per heavy atom. The largest absolute Gasteiger partial charge is 0.493 e. The molecular formula is C21H17ClN2O5S. The smallest absolute Gasteiger partial charge is 0.342 e. The van der Waals surface area contributed by atoms with Gasteiger partial charge in [0.05, 0.1) is 7.11 Å². The molecule has 0 bridgehead atoms. The number of hydrogen-bond donors (Lipinski definition) is 1. The number of carbonyl (C=O) groups is 1. The summed E-state index contributed by atoms with van der Waals surface area (Å²) >= 11 is 6.73. The quantitative estimate of drug-likeness (QED) is 0.274. The number of nitrogens with zero attached hydrogens (tertiary/aromatic N) is 2. The third kappa shape index (κ3) is 5.43. The van der Waals surface area contributed by atoms with Crippen LogP contribution in [0, 0.1) is 0 Å². The first-order valence-corrected chi connectivity index (χ1v) is 9.83. The summed E-state index contributed by atoms with van der Waals surface area (Å²) < 4.78 is 16.4. The zero-order valence-corrected chi connectivity index (χ0v) is 17.4. The van der Waals surface area contributed by atoms with Crippen LogP contribution in [0.3, 0.4) is 0 Å². The van der Waals surface area contributed by atoms with Crippen LogP contribution in [0.2, 0.25) is 5.02 Å². The molecule has 9 heteroatoms. The summed E-state index contributed by atoms with van der Waals surface area (Å²) in [5.74, 6) is 0.147. The van der Waals surface area contributed by atoms with Crippen molar-refractivity contribution >= 4 is 35.4 Å². The lowest BCUT2D eigenvalue weighted by Crippen LogP contribution is -1.98. The molecule has 2 aromatic carbocycles. The highest BCUT2D eigenvalue weighted by Crippen LogP contribution is 2.33. The van der Waals surface area contributed by atoms with Crippen molar-refractivity contribution in [2.24, 2.45) is 0 Å². The van der Waals surface area contributed by atoms with Gasteiger partial charge in [-0.25, -0.2) is 4.79 Å². The maximum Gasteiger partial charge on any atom is 0.342 e. The summed E-state index contributed by atoms with van der Waals surface area (Å²) in [6.45, 7) is 3.93. The standard InChI is InChI=1S/C21H17ClN2O5S/c1-3-10-28-16-9-4-13(11-17(16)27-2)12-18(20(25)26)30-21-24-23-19(29-21)14-5-7-15(22)8-6-14/h3-9,11-12H,1,10H2,2H3,(H,25,26)/b18-12-. The molecule has 7 nitrogen and oxygen atoms in total. The minimum atomic E-state index is -1.13. The molecular weight excluding hydrogens is 428 g/mol. The van der Waals surface area contributed by atoms with E-state index in [9.17, 15) is 9.90 Å². The van der Waals surface area contributed by atoms with Gasteiger partial charge < -0.3 is 19.0 Å². The van der Waals surface area contributed by atoms with E-state index >= 15 is 0 Å². The average Bonchev–Trinajstić information content (AvgIpc) is 3.21. The Morgan fingerprint density at radius 1 is 1.23 bits per heavy atom. The molecule has 0 aliphatic carbocycles. The fraction of sp³-hybridized carbons (Fsp3) is 0.0952. The van der Waals surface area contributed by atoms with Gasteiger partial charge in [0.1, 0.15) is 11.5 Å². The molecule has 0 aliphatic heterocycles. The summed E-state index contributed by atoms with van der Waals surface area (Å²) in [6.07, 6.45) is 3.11. The third-order valence-electron chi connectivity index (χ3n) is 3.75. The van der Waals surface area contributed by atoms with Crippen molar-refractivity contribution in [3.05, 3.63) is 70.6 Å². The number of methoxy groups -OCH3 is 1. The van der Waals surface area contributed by atoms with E-state index in [0.29, 0.717) is 34.3 Å². The van der Waals surface area contributed by atoms with E-state index in [-0.39, 0.29) is 16.0 Å². The molecule has 1 N–H and O–H groups in total. The van der Waals surface area contributed by atoms with Gasteiger partial charge in [-0.15, -0.1) is 10.2 Å². The maximum absolute atomic E-state index is 11.7. The van der Waals surface area contributed by atoms with Crippen molar-refractivity contribution in [1.29, 1.82) is 0 Å². The van der Waals surface area contributed by atoms with Gasteiger partial charge in [0.2, 0.25) is 5.89 Å².